The number of methoxy groups -OCH3 is 1. The molecule has 0 heterocycles. The molecule has 0 bridgehead atoms. The molecule has 0 aromatic heterocycles. The number of ether oxygens (including phenoxy) is 1. The van der Waals surface area contributed by atoms with Gasteiger partial charge in [0, 0.05) is 20.7 Å². The van der Waals surface area contributed by atoms with E-state index >= 15 is 0 Å². The normalized spacial score (nSPS) is 11.8. The number of nitrogens with zero attached hydrogens (tertiary/aromatic N) is 1. The lowest BCUT2D eigenvalue weighted by atomic mass is 10.2. The van der Waals surface area contributed by atoms with Crippen molar-refractivity contribution >= 4 is 5.91 Å². The Bertz CT molecular complexity index is 188. The molecule has 13 heavy (non-hydrogen) atoms. The van der Waals surface area contributed by atoms with E-state index in [0.29, 0.717) is 13.2 Å². The van der Waals surface area contributed by atoms with Gasteiger partial charge in [0.15, 0.2) is 0 Å². The molecule has 0 aromatic carbocycles. The Morgan fingerprint density at radius 2 is 2.38 bits per heavy atom. The van der Waals surface area contributed by atoms with Crippen LogP contribution in [0.3, 0.4) is 0 Å². The molecule has 1 amide bonds. The molecular weight excluding hydrogens is 170 g/mol. The van der Waals surface area contributed by atoms with Crippen LogP contribution in [-0.4, -0.2) is 39.3 Å². The number of amides is 1. The van der Waals surface area contributed by atoms with Crippen molar-refractivity contribution in [3.8, 4) is 6.07 Å². The minimum Gasteiger partial charge on any atom is -0.383 e. The van der Waals surface area contributed by atoms with Crippen LogP contribution in [0.25, 0.3) is 0 Å². The van der Waals surface area contributed by atoms with Crippen molar-refractivity contribution in [2.75, 3.05) is 27.3 Å². The van der Waals surface area contributed by atoms with Crippen molar-refractivity contribution in [3.63, 3.8) is 0 Å². The van der Waals surface area contributed by atoms with Gasteiger partial charge in [-0.15, -0.1) is 0 Å². The van der Waals surface area contributed by atoms with E-state index in [9.17, 15) is 4.79 Å². The molecule has 1 atom stereocenters. The maximum Gasteiger partial charge on any atom is 0.222 e. The van der Waals surface area contributed by atoms with Crippen molar-refractivity contribution in [1.29, 1.82) is 5.26 Å². The van der Waals surface area contributed by atoms with Gasteiger partial charge >= 0.3 is 0 Å². The summed E-state index contributed by atoms with van der Waals surface area (Å²) in [6.45, 7) is 1.11. The summed E-state index contributed by atoms with van der Waals surface area (Å²) in [5, 5.41) is 14.0. The van der Waals surface area contributed by atoms with Crippen LogP contribution in [-0.2, 0) is 9.53 Å². The van der Waals surface area contributed by atoms with Crippen molar-refractivity contribution in [3.05, 3.63) is 0 Å². The highest BCUT2D eigenvalue weighted by molar-refractivity contribution is 5.76. The van der Waals surface area contributed by atoms with E-state index in [1.807, 2.05) is 6.07 Å². The van der Waals surface area contributed by atoms with Crippen molar-refractivity contribution < 1.29 is 9.53 Å². The number of hydrogen-bond acceptors (Lipinski definition) is 4. The second-order valence-corrected chi connectivity index (χ2v) is 2.51. The zero-order valence-corrected chi connectivity index (χ0v) is 7.96. The van der Waals surface area contributed by atoms with Crippen LogP contribution < -0.4 is 10.6 Å². The SMILES string of the molecule is CNC(=O)CC(C#N)NCCOC. The Kier molecular flexibility index (Phi) is 6.88. The number of carbonyl (C=O) groups excluding carboxylic acids is 1. The first kappa shape index (κ1) is 11.9. The topological polar surface area (TPSA) is 74.2 Å². The summed E-state index contributed by atoms with van der Waals surface area (Å²) in [6, 6.07) is 1.56. The summed E-state index contributed by atoms with van der Waals surface area (Å²) in [7, 11) is 3.13. The van der Waals surface area contributed by atoms with Gasteiger partial charge in [-0.1, -0.05) is 0 Å². The highest BCUT2D eigenvalue weighted by Gasteiger charge is 2.10. The highest BCUT2D eigenvalue weighted by Crippen LogP contribution is 1.89. The standard InChI is InChI=1S/C8H15N3O2/c1-10-8(12)5-7(6-9)11-3-4-13-2/h7,11H,3-5H2,1-2H3,(H,10,12). The van der Waals surface area contributed by atoms with Crippen molar-refractivity contribution in [2.24, 2.45) is 0 Å². The van der Waals surface area contributed by atoms with Gasteiger partial charge in [0.2, 0.25) is 5.91 Å². The smallest absolute Gasteiger partial charge is 0.222 e. The Morgan fingerprint density at radius 3 is 2.85 bits per heavy atom. The summed E-state index contributed by atoms with van der Waals surface area (Å²) in [4.78, 5) is 10.9. The predicted octanol–water partition coefficient (Wildman–Crippen LogP) is -0.749. The molecular formula is C8H15N3O2. The van der Waals surface area contributed by atoms with Gasteiger partial charge in [0.1, 0.15) is 6.04 Å². The summed E-state index contributed by atoms with van der Waals surface area (Å²) in [5.41, 5.74) is 0. The van der Waals surface area contributed by atoms with Gasteiger partial charge < -0.3 is 10.1 Å². The van der Waals surface area contributed by atoms with Crippen molar-refractivity contribution in [2.45, 2.75) is 12.5 Å². The van der Waals surface area contributed by atoms with Crippen LogP contribution in [0.4, 0.5) is 0 Å². The minimum atomic E-state index is -0.435. The molecule has 0 rings (SSSR count). The number of nitriles is 1. The van der Waals surface area contributed by atoms with Crippen molar-refractivity contribution in [1.82, 2.24) is 10.6 Å². The largest absolute Gasteiger partial charge is 0.383 e. The Balaban J connectivity index is 3.65. The van der Waals surface area contributed by atoms with Crippen LogP contribution >= 0.6 is 0 Å². The molecule has 5 heteroatoms. The summed E-state index contributed by atoms with van der Waals surface area (Å²) in [5.74, 6) is -0.142. The third-order valence-corrected chi connectivity index (χ3v) is 1.52. The van der Waals surface area contributed by atoms with Gasteiger partial charge in [-0.05, 0) is 0 Å². The molecule has 5 nitrogen and oxygen atoms in total. The van der Waals surface area contributed by atoms with E-state index in [1.54, 1.807) is 14.2 Å². The lowest BCUT2D eigenvalue weighted by Crippen LogP contribution is -2.35. The molecule has 0 aliphatic rings. The molecule has 0 radical (unpaired) electrons. The maximum absolute atomic E-state index is 10.9. The monoisotopic (exact) mass is 185 g/mol. The van der Waals surface area contributed by atoms with Gasteiger partial charge in [-0.3, -0.25) is 10.1 Å². The summed E-state index contributed by atoms with van der Waals surface area (Å²) in [6.07, 6.45) is 0.177. The molecule has 74 valence electrons. The van der Waals surface area contributed by atoms with E-state index < -0.39 is 6.04 Å². The third-order valence-electron chi connectivity index (χ3n) is 1.52. The predicted molar refractivity (Wildman–Crippen MR) is 48.0 cm³/mol. The first-order valence-electron chi connectivity index (χ1n) is 4.07. The number of hydrogen-bond donors (Lipinski definition) is 2. The average molecular weight is 185 g/mol. The lowest BCUT2D eigenvalue weighted by Gasteiger charge is -2.09. The minimum absolute atomic E-state index is 0.142. The van der Waals surface area contributed by atoms with Crippen LogP contribution in [0.15, 0.2) is 0 Å². The van der Waals surface area contributed by atoms with Crippen LogP contribution in [0.5, 0.6) is 0 Å². The lowest BCUT2D eigenvalue weighted by molar-refractivity contribution is -0.120. The van der Waals surface area contributed by atoms with Gasteiger partial charge in [-0.25, -0.2) is 0 Å². The van der Waals surface area contributed by atoms with Gasteiger partial charge in [0.05, 0.1) is 19.1 Å². The fraction of sp³-hybridized carbons (Fsp3) is 0.750. The number of carbonyl (C=O) groups is 1. The van der Waals surface area contributed by atoms with Crippen LogP contribution in [0.1, 0.15) is 6.42 Å². The Hall–Kier alpha value is -1.12. The highest BCUT2D eigenvalue weighted by atomic mass is 16.5. The zero-order chi connectivity index (χ0) is 10.1. The number of nitrogens with one attached hydrogen (secondary N) is 2. The molecule has 0 fully saturated rings. The second kappa shape index (κ2) is 7.53. The fourth-order valence-corrected chi connectivity index (χ4v) is 0.786. The first-order valence-corrected chi connectivity index (χ1v) is 4.07. The molecule has 0 spiro atoms. The van der Waals surface area contributed by atoms with Gasteiger partial charge in [0.25, 0.3) is 0 Å². The third kappa shape index (κ3) is 6.08. The zero-order valence-electron chi connectivity index (χ0n) is 7.96. The maximum atomic E-state index is 10.9. The molecule has 2 N–H and O–H groups in total. The quantitative estimate of drug-likeness (QED) is 0.534. The molecule has 0 aromatic rings. The number of rotatable bonds is 6. The molecule has 0 aliphatic heterocycles. The van der Waals surface area contributed by atoms with E-state index in [0.717, 1.165) is 0 Å². The Morgan fingerprint density at radius 1 is 1.69 bits per heavy atom. The van der Waals surface area contributed by atoms with E-state index in [1.165, 1.54) is 0 Å². The Labute approximate surface area is 78.1 Å². The van der Waals surface area contributed by atoms with E-state index in [-0.39, 0.29) is 12.3 Å². The second-order valence-electron chi connectivity index (χ2n) is 2.51. The summed E-state index contributed by atoms with van der Waals surface area (Å²) >= 11 is 0. The van der Waals surface area contributed by atoms with E-state index in [2.05, 4.69) is 10.6 Å². The summed E-state index contributed by atoms with van der Waals surface area (Å²) < 4.78 is 4.80. The first-order chi connectivity index (χ1) is 6.24. The molecule has 0 saturated carbocycles. The average Bonchev–Trinajstić information content (AvgIpc) is 2.16. The van der Waals surface area contributed by atoms with Gasteiger partial charge in [-0.2, -0.15) is 5.26 Å². The fourth-order valence-electron chi connectivity index (χ4n) is 0.786. The van der Waals surface area contributed by atoms with Crippen LogP contribution in [0.2, 0.25) is 0 Å². The molecule has 0 aliphatic carbocycles. The molecule has 1 unspecified atom stereocenters. The van der Waals surface area contributed by atoms with E-state index in [4.69, 9.17) is 10.00 Å². The van der Waals surface area contributed by atoms with Crippen LogP contribution in [0, 0.1) is 11.3 Å². The molecule has 0 saturated heterocycles.